The molecular formula is C18H28N4OS. The Balaban J connectivity index is 1.52. The van der Waals surface area contributed by atoms with E-state index in [0.717, 1.165) is 45.0 Å². The molecule has 1 aromatic carbocycles. The number of thioether (sulfide) groups is 1. The van der Waals surface area contributed by atoms with E-state index in [9.17, 15) is 4.79 Å². The minimum Gasteiger partial charge on any atom is -0.325 e. The van der Waals surface area contributed by atoms with Crippen LogP contribution in [0.1, 0.15) is 12.5 Å². The van der Waals surface area contributed by atoms with Gasteiger partial charge >= 0.3 is 0 Å². The lowest BCUT2D eigenvalue weighted by Crippen LogP contribution is -2.51. The van der Waals surface area contributed by atoms with Crippen molar-refractivity contribution < 1.29 is 4.79 Å². The van der Waals surface area contributed by atoms with Crippen LogP contribution in [0.2, 0.25) is 0 Å². The Morgan fingerprint density at radius 1 is 1.33 bits per heavy atom. The van der Waals surface area contributed by atoms with E-state index in [0.29, 0.717) is 12.6 Å². The zero-order chi connectivity index (χ0) is 16.8. The van der Waals surface area contributed by atoms with Crippen molar-refractivity contribution in [2.75, 3.05) is 56.1 Å². The van der Waals surface area contributed by atoms with E-state index in [1.54, 1.807) is 0 Å². The fraction of sp³-hybridized carbons (Fsp3) is 0.611. The predicted octanol–water partition coefficient (Wildman–Crippen LogP) is 1.47. The highest BCUT2D eigenvalue weighted by molar-refractivity contribution is 7.99. The minimum atomic E-state index is 0.0790. The van der Waals surface area contributed by atoms with E-state index >= 15 is 0 Å². The summed E-state index contributed by atoms with van der Waals surface area (Å²) in [5, 5.41) is 6.42. The van der Waals surface area contributed by atoms with Gasteiger partial charge in [0.05, 0.1) is 6.54 Å². The van der Waals surface area contributed by atoms with E-state index in [2.05, 4.69) is 39.5 Å². The number of rotatable bonds is 5. The summed E-state index contributed by atoms with van der Waals surface area (Å²) in [6.45, 7) is 8.76. The number of carbonyl (C=O) groups excluding carboxylic acids is 1. The molecular weight excluding hydrogens is 320 g/mol. The first-order valence-corrected chi connectivity index (χ1v) is 10.00. The Labute approximate surface area is 149 Å². The first-order valence-electron chi connectivity index (χ1n) is 8.84. The third-order valence-corrected chi connectivity index (χ3v) is 5.65. The van der Waals surface area contributed by atoms with Crippen LogP contribution in [0.5, 0.6) is 0 Å². The molecule has 1 amide bonds. The van der Waals surface area contributed by atoms with Crippen LogP contribution in [0.4, 0.5) is 5.69 Å². The van der Waals surface area contributed by atoms with Gasteiger partial charge in [-0.3, -0.25) is 14.6 Å². The highest BCUT2D eigenvalue weighted by atomic mass is 32.2. The van der Waals surface area contributed by atoms with Crippen molar-refractivity contribution >= 4 is 23.4 Å². The summed E-state index contributed by atoms with van der Waals surface area (Å²) in [4.78, 5) is 17.1. The molecule has 6 heteroatoms. The molecule has 2 fully saturated rings. The van der Waals surface area contributed by atoms with Gasteiger partial charge < -0.3 is 10.6 Å². The molecule has 0 spiro atoms. The van der Waals surface area contributed by atoms with Crippen molar-refractivity contribution in [2.24, 2.45) is 0 Å². The van der Waals surface area contributed by atoms with Gasteiger partial charge in [-0.05, 0) is 24.6 Å². The molecule has 24 heavy (non-hydrogen) atoms. The number of amides is 1. The fourth-order valence-electron chi connectivity index (χ4n) is 3.27. The summed E-state index contributed by atoms with van der Waals surface area (Å²) >= 11 is 2.03. The van der Waals surface area contributed by atoms with Gasteiger partial charge in [0, 0.05) is 62.5 Å². The second-order valence-corrected chi connectivity index (χ2v) is 7.89. The molecule has 1 aromatic rings. The van der Waals surface area contributed by atoms with E-state index in [1.165, 1.54) is 17.1 Å². The molecule has 2 aliphatic rings. The lowest BCUT2D eigenvalue weighted by molar-refractivity contribution is -0.118. The van der Waals surface area contributed by atoms with Crippen molar-refractivity contribution in [3.63, 3.8) is 0 Å². The predicted molar refractivity (Wildman–Crippen MR) is 102 cm³/mol. The normalized spacial score (nSPS) is 23.1. The van der Waals surface area contributed by atoms with Gasteiger partial charge in [-0.2, -0.15) is 11.8 Å². The van der Waals surface area contributed by atoms with Crippen LogP contribution in [0.15, 0.2) is 24.3 Å². The van der Waals surface area contributed by atoms with E-state index in [1.807, 2.05) is 23.9 Å². The Morgan fingerprint density at radius 2 is 2.17 bits per heavy atom. The average molecular weight is 349 g/mol. The Hall–Kier alpha value is -1.08. The van der Waals surface area contributed by atoms with Gasteiger partial charge in [0.25, 0.3) is 0 Å². The van der Waals surface area contributed by atoms with Gasteiger partial charge in [0.2, 0.25) is 5.91 Å². The molecule has 5 nitrogen and oxygen atoms in total. The minimum absolute atomic E-state index is 0.0790. The molecule has 0 aromatic heterocycles. The molecule has 0 aliphatic carbocycles. The number of carbonyl (C=O) groups is 1. The first-order chi connectivity index (χ1) is 11.7. The van der Waals surface area contributed by atoms with Crippen LogP contribution < -0.4 is 10.6 Å². The molecule has 2 saturated heterocycles. The molecule has 2 heterocycles. The highest BCUT2D eigenvalue weighted by Gasteiger charge is 2.20. The summed E-state index contributed by atoms with van der Waals surface area (Å²) in [6, 6.07) is 8.69. The zero-order valence-corrected chi connectivity index (χ0v) is 15.3. The van der Waals surface area contributed by atoms with Crippen molar-refractivity contribution in [1.29, 1.82) is 0 Å². The Bertz CT molecular complexity index is 548. The van der Waals surface area contributed by atoms with E-state index in [-0.39, 0.29) is 5.91 Å². The highest BCUT2D eigenvalue weighted by Crippen LogP contribution is 2.16. The summed E-state index contributed by atoms with van der Waals surface area (Å²) in [6.07, 6.45) is 0. The lowest BCUT2D eigenvalue weighted by atomic mass is 10.2. The molecule has 0 radical (unpaired) electrons. The second-order valence-electron chi connectivity index (χ2n) is 6.66. The van der Waals surface area contributed by atoms with Crippen molar-refractivity contribution in [3.8, 4) is 0 Å². The molecule has 3 rings (SSSR count). The van der Waals surface area contributed by atoms with Gasteiger partial charge in [0.15, 0.2) is 0 Å². The largest absolute Gasteiger partial charge is 0.325 e. The van der Waals surface area contributed by atoms with Crippen LogP contribution in [-0.2, 0) is 11.3 Å². The molecule has 0 unspecified atom stereocenters. The quantitative estimate of drug-likeness (QED) is 0.844. The number of anilines is 1. The van der Waals surface area contributed by atoms with Crippen LogP contribution in [0.3, 0.4) is 0 Å². The van der Waals surface area contributed by atoms with Crippen molar-refractivity contribution in [1.82, 2.24) is 15.1 Å². The average Bonchev–Trinajstić information content (AvgIpc) is 2.58. The smallest absolute Gasteiger partial charge is 0.238 e. The molecule has 132 valence electrons. The Kier molecular flexibility index (Phi) is 6.54. The number of piperazine rings is 1. The number of hydrogen-bond donors (Lipinski definition) is 2. The van der Waals surface area contributed by atoms with Crippen LogP contribution >= 0.6 is 11.8 Å². The van der Waals surface area contributed by atoms with Crippen LogP contribution in [-0.4, -0.2) is 72.5 Å². The van der Waals surface area contributed by atoms with E-state index in [4.69, 9.17) is 0 Å². The van der Waals surface area contributed by atoms with Crippen LogP contribution in [0, 0.1) is 0 Å². The molecule has 0 saturated carbocycles. The third kappa shape index (κ3) is 5.21. The van der Waals surface area contributed by atoms with Gasteiger partial charge in [0.1, 0.15) is 0 Å². The van der Waals surface area contributed by atoms with Gasteiger partial charge in [-0.1, -0.05) is 12.1 Å². The maximum Gasteiger partial charge on any atom is 0.238 e. The standard InChI is InChI=1S/C18H28N4OS/c1-15-12-19-5-6-22(15)14-18(23)20-17-4-2-3-16(11-17)13-21-7-9-24-10-8-21/h2-4,11,15,19H,5-10,12-14H2,1H3,(H,20,23)/t15-/m0/s1. The third-order valence-electron chi connectivity index (χ3n) is 4.71. The summed E-state index contributed by atoms with van der Waals surface area (Å²) in [5.41, 5.74) is 2.18. The fourth-order valence-corrected chi connectivity index (χ4v) is 4.25. The molecule has 0 bridgehead atoms. The van der Waals surface area contributed by atoms with Gasteiger partial charge in [-0.15, -0.1) is 0 Å². The number of benzene rings is 1. The summed E-state index contributed by atoms with van der Waals surface area (Å²) in [7, 11) is 0. The van der Waals surface area contributed by atoms with E-state index < -0.39 is 0 Å². The maximum absolute atomic E-state index is 12.3. The van der Waals surface area contributed by atoms with Crippen LogP contribution in [0.25, 0.3) is 0 Å². The Morgan fingerprint density at radius 3 is 2.96 bits per heavy atom. The number of hydrogen-bond acceptors (Lipinski definition) is 5. The SMILES string of the molecule is C[C@H]1CNCCN1CC(=O)Nc1cccc(CN2CCSCC2)c1. The molecule has 2 aliphatic heterocycles. The van der Waals surface area contributed by atoms with Gasteiger partial charge in [-0.25, -0.2) is 0 Å². The molecule has 2 N–H and O–H groups in total. The summed E-state index contributed by atoms with van der Waals surface area (Å²) < 4.78 is 0. The number of nitrogens with one attached hydrogen (secondary N) is 2. The maximum atomic E-state index is 12.3. The first kappa shape index (κ1) is 17.7. The van der Waals surface area contributed by atoms with Crippen molar-refractivity contribution in [3.05, 3.63) is 29.8 Å². The monoisotopic (exact) mass is 348 g/mol. The molecule has 1 atom stereocenters. The second kappa shape index (κ2) is 8.85. The summed E-state index contributed by atoms with van der Waals surface area (Å²) in [5.74, 6) is 2.52. The number of nitrogens with zero attached hydrogens (tertiary/aromatic N) is 2. The zero-order valence-electron chi connectivity index (χ0n) is 14.5. The van der Waals surface area contributed by atoms with Crippen molar-refractivity contribution in [2.45, 2.75) is 19.5 Å². The topological polar surface area (TPSA) is 47.6 Å². The lowest BCUT2D eigenvalue weighted by Gasteiger charge is -2.33.